The molecular weight excluding hydrogens is 380 g/mol. The predicted molar refractivity (Wildman–Crippen MR) is 119 cm³/mol. The van der Waals surface area contributed by atoms with Crippen LogP contribution >= 0.6 is 0 Å². The Morgan fingerprint density at radius 2 is 1.53 bits per heavy atom. The lowest BCUT2D eigenvalue weighted by Crippen LogP contribution is -2.34. The Hall–Kier alpha value is -3.67. The zero-order valence-corrected chi connectivity index (χ0v) is 17.4. The molecule has 3 rings (SSSR count). The summed E-state index contributed by atoms with van der Waals surface area (Å²) in [4.78, 5) is 16.7. The van der Waals surface area contributed by atoms with Crippen molar-refractivity contribution in [2.75, 3.05) is 37.6 Å². The maximum absolute atomic E-state index is 13.0. The number of phenols is 1. The third kappa shape index (κ3) is 5.23. The quantitative estimate of drug-likeness (QED) is 0.611. The normalized spacial score (nSPS) is 10.4. The van der Waals surface area contributed by atoms with E-state index in [4.69, 9.17) is 9.47 Å². The number of para-hydroxylation sites is 2. The topological polar surface area (TPSA) is 62.2 Å². The molecule has 0 bridgehead atoms. The van der Waals surface area contributed by atoms with Gasteiger partial charge in [-0.05, 0) is 54.1 Å². The van der Waals surface area contributed by atoms with Gasteiger partial charge in [0.05, 0.1) is 13.7 Å². The second-order valence-electron chi connectivity index (χ2n) is 7.00. The van der Waals surface area contributed by atoms with Crippen molar-refractivity contribution < 1.29 is 19.4 Å². The number of nitrogens with zero attached hydrogens (tertiary/aromatic N) is 2. The van der Waals surface area contributed by atoms with Gasteiger partial charge < -0.3 is 24.4 Å². The Bertz CT molecular complexity index is 969. The molecule has 0 saturated heterocycles. The van der Waals surface area contributed by atoms with Gasteiger partial charge in [0.1, 0.15) is 5.75 Å². The van der Waals surface area contributed by atoms with Crippen molar-refractivity contribution in [3.05, 3.63) is 78.4 Å². The molecule has 6 heteroatoms. The van der Waals surface area contributed by atoms with Crippen molar-refractivity contribution in [2.45, 2.75) is 6.54 Å². The van der Waals surface area contributed by atoms with Crippen LogP contribution in [0.4, 0.5) is 11.4 Å². The Morgan fingerprint density at radius 1 is 0.900 bits per heavy atom. The first kappa shape index (κ1) is 21.0. The van der Waals surface area contributed by atoms with Crippen LogP contribution in [0.5, 0.6) is 17.2 Å². The van der Waals surface area contributed by atoms with Gasteiger partial charge in [0.15, 0.2) is 18.1 Å². The van der Waals surface area contributed by atoms with Crippen molar-refractivity contribution in [3.8, 4) is 17.2 Å². The molecule has 0 unspecified atom stereocenters. The van der Waals surface area contributed by atoms with Crippen LogP contribution in [0.15, 0.2) is 72.8 Å². The first-order valence-electron chi connectivity index (χ1n) is 9.59. The van der Waals surface area contributed by atoms with E-state index in [1.165, 1.54) is 6.07 Å². The molecule has 1 amide bonds. The van der Waals surface area contributed by atoms with E-state index in [0.29, 0.717) is 12.3 Å². The number of anilines is 2. The molecule has 0 fully saturated rings. The van der Waals surface area contributed by atoms with E-state index in [0.717, 1.165) is 16.9 Å². The predicted octanol–water partition coefficient (Wildman–Crippen LogP) is 4.08. The molecule has 156 valence electrons. The first-order valence-corrected chi connectivity index (χ1v) is 9.59. The van der Waals surface area contributed by atoms with E-state index in [2.05, 4.69) is 0 Å². The Labute approximate surface area is 176 Å². The zero-order chi connectivity index (χ0) is 21.5. The summed E-state index contributed by atoms with van der Waals surface area (Å²) >= 11 is 0. The first-order chi connectivity index (χ1) is 14.5. The van der Waals surface area contributed by atoms with E-state index in [-0.39, 0.29) is 24.0 Å². The number of phenolic OH excluding ortho intramolecular Hbond substituents is 1. The van der Waals surface area contributed by atoms with Crippen LogP contribution < -0.4 is 19.3 Å². The fourth-order valence-electron chi connectivity index (χ4n) is 2.96. The molecule has 0 atom stereocenters. The number of hydrogen-bond donors (Lipinski definition) is 1. The van der Waals surface area contributed by atoms with Gasteiger partial charge in [-0.3, -0.25) is 4.79 Å². The SMILES string of the molecule is COc1ccc(N(Cc2ccc(N(C)C)cc2)C(=O)COc2ccccc2O)cc1. The summed E-state index contributed by atoms with van der Waals surface area (Å²) in [5.41, 5.74) is 2.81. The minimum atomic E-state index is -0.222. The molecule has 30 heavy (non-hydrogen) atoms. The van der Waals surface area contributed by atoms with Crippen molar-refractivity contribution in [1.82, 2.24) is 0 Å². The van der Waals surface area contributed by atoms with Gasteiger partial charge in [0.2, 0.25) is 0 Å². The summed E-state index contributed by atoms with van der Waals surface area (Å²) in [6.45, 7) is 0.197. The molecule has 6 nitrogen and oxygen atoms in total. The minimum absolute atomic E-state index is 0.000529. The summed E-state index contributed by atoms with van der Waals surface area (Å²) < 4.78 is 10.8. The summed E-state index contributed by atoms with van der Waals surface area (Å²) in [6.07, 6.45) is 0. The summed E-state index contributed by atoms with van der Waals surface area (Å²) in [7, 11) is 5.57. The maximum Gasteiger partial charge on any atom is 0.265 e. The van der Waals surface area contributed by atoms with Crippen LogP contribution in [0.2, 0.25) is 0 Å². The molecule has 1 N–H and O–H groups in total. The van der Waals surface area contributed by atoms with Crippen LogP contribution in [0.3, 0.4) is 0 Å². The number of aromatic hydroxyl groups is 1. The number of hydrogen-bond acceptors (Lipinski definition) is 5. The molecule has 3 aromatic rings. The highest BCUT2D eigenvalue weighted by atomic mass is 16.5. The van der Waals surface area contributed by atoms with Gasteiger partial charge in [-0.15, -0.1) is 0 Å². The highest BCUT2D eigenvalue weighted by Gasteiger charge is 2.18. The van der Waals surface area contributed by atoms with Crippen LogP contribution in [0, 0.1) is 0 Å². The lowest BCUT2D eigenvalue weighted by Gasteiger charge is -2.24. The Morgan fingerprint density at radius 3 is 2.13 bits per heavy atom. The van der Waals surface area contributed by atoms with Crippen molar-refractivity contribution in [3.63, 3.8) is 0 Å². The second kappa shape index (κ2) is 9.69. The van der Waals surface area contributed by atoms with Crippen molar-refractivity contribution >= 4 is 17.3 Å². The third-order valence-corrected chi connectivity index (χ3v) is 4.69. The van der Waals surface area contributed by atoms with E-state index in [1.807, 2.05) is 67.5 Å². The lowest BCUT2D eigenvalue weighted by molar-refractivity contribution is -0.120. The fraction of sp³-hybridized carbons (Fsp3) is 0.208. The number of carbonyl (C=O) groups is 1. The van der Waals surface area contributed by atoms with Gasteiger partial charge in [-0.25, -0.2) is 0 Å². The van der Waals surface area contributed by atoms with Crippen LogP contribution in [0.1, 0.15) is 5.56 Å². The van der Waals surface area contributed by atoms with E-state index in [9.17, 15) is 9.90 Å². The van der Waals surface area contributed by atoms with Gasteiger partial charge in [0.25, 0.3) is 5.91 Å². The number of ether oxygens (including phenoxy) is 2. The average Bonchev–Trinajstić information content (AvgIpc) is 2.77. The van der Waals surface area contributed by atoms with Crippen molar-refractivity contribution in [2.24, 2.45) is 0 Å². The second-order valence-corrected chi connectivity index (χ2v) is 7.00. The fourth-order valence-corrected chi connectivity index (χ4v) is 2.96. The molecule has 0 heterocycles. The molecule has 0 aliphatic rings. The Kier molecular flexibility index (Phi) is 6.80. The van der Waals surface area contributed by atoms with E-state index in [1.54, 1.807) is 30.2 Å². The largest absolute Gasteiger partial charge is 0.504 e. The molecule has 0 saturated carbocycles. The smallest absolute Gasteiger partial charge is 0.265 e. The van der Waals surface area contributed by atoms with Crippen LogP contribution in [-0.4, -0.2) is 38.8 Å². The van der Waals surface area contributed by atoms with Crippen molar-refractivity contribution in [1.29, 1.82) is 0 Å². The highest BCUT2D eigenvalue weighted by Crippen LogP contribution is 2.26. The number of benzene rings is 3. The average molecular weight is 406 g/mol. The van der Waals surface area contributed by atoms with Gasteiger partial charge in [-0.1, -0.05) is 24.3 Å². The standard InChI is InChI=1S/C24H26N2O4/c1-25(2)19-10-8-18(9-11-19)16-26(20-12-14-21(29-3)15-13-20)24(28)17-30-23-7-5-4-6-22(23)27/h4-15,27H,16-17H2,1-3H3. The number of rotatable bonds is 8. The summed E-state index contributed by atoms with van der Waals surface area (Å²) in [5.74, 6) is 0.767. The zero-order valence-electron chi connectivity index (χ0n) is 17.4. The third-order valence-electron chi connectivity index (χ3n) is 4.69. The molecule has 0 aliphatic heterocycles. The molecule has 0 aliphatic carbocycles. The lowest BCUT2D eigenvalue weighted by atomic mass is 10.1. The molecule has 0 radical (unpaired) electrons. The summed E-state index contributed by atoms with van der Waals surface area (Å²) in [6, 6.07) is 21.9. The monoisotopic (exact) mass is 406 g/mol. The van der Waals surface area contributed by atoms with Crippen LogP contribution in [-0.2, 0) is 11.3 Å². The molecular formula is C24H26N2O4. The summed E-state index contributed by atoms with van der Waals surface area (Å²) in [5, 5.41) is 9.87. The number of carbonyl (C=O) groups excluding carboxylic acids is 1. The van der Waals surface area contributed by atoms with Crippen LogP contribution in [0.25, 0.3) is 0 Å². The van der Waals surface area contributed by atoms with Gasteiger partial charge >= 0.3 is 0 Å². The highest BCUT2D eigenvalue weighted by molar-refractivity contribution is 5.94. The molecule has 0 aromatic heterocycles. The Balaban J connectivity index is 1.80. The number of amides is 1. The molecule has 3 aromatic carbocycles. The van der Waals surface area contributed by atoms with Gasteiger partial charge in [0, 0.05) is 25.5 Å². The van der Waals surface area contributed by atoms with E-state index >= 15 is 0 Å². The van der Waals surface area contributed by atoms with E-state index < -0.39 is 0 Å². The van der Waals surface area contributed by atoms with Gasteiger partial charge in [-0.2, -0.15) is 0 Å². The number of methoxy groups -OCH3 is 1. The molecule has 0 spiro atoms. The minimum Gasteiger partial charge on any atom is -0.504 e. The maximum atomic E-state index is 13.0.